The molecule has 2 rings (SSSR count). The third-order valence-electron chi connectivity index (χ3n) is 7.07. The molecule has 1 atom stereocenters. The summed E-state index contributed by atoms with van der Waals surface area (Å²) in [6, 6.07) is 10.3. The van der Waals surface area contributed by atoms with Crippen LogP contribution in [-0.4, -0.2) is 0 Å². The smallest absolute Gasteiger partial charge is 0.0187 e. The van der Waals surface area contributed by atoms with Gasteiger partial charge in [-0.3, -0.25) is 0 Å². The minimum atomic E-state index is 0.577. The lowest BCUT2D eigenvalue weighted by Gasteiger charge is -2.22. The normalized spacial score (nSPS) is 13.0. The van der Waals surface area contributed by atoms with Gasteiger partial charge in [0, 0.05) is 0 Å². The summed E-state index contributed by atoms with van der Waals surface area (Å²) < 4.78 is 0. The molecule has 0 heteroatoms. The van der Waals surface area contributed by atoms with E-state index in [4.69, 9.17) is 0 Å². The van der Waals surface area contributed by atoms with Crippen LogP contribution in [-0.2, 0) is 0 Å². The molecule has 1 aromatic carbocycles. The van der Waals surface area contributed by atoms with Crippen molar-refractivity contribution in [1.29, 1.82) is 0 Å². The van der Waals surface area contributed by atoms with Crippen LogP contribution in [0.5, 0.6) is 0 Å². The summed E-state index contributed by atoms with van der Waals surface area (Å²) in [5.41, 5.74) is 9.42. The van der Waals surface area contributed by atoms with Gasteiger partial charge in [-0.2, -0.15) is 0 Å². The van der Waals surface area contributed by atoms with Gasteiger partial charge in [-0.25, -0.2) is 0 Å². The third-order valence-corrected chi connectivity index (χ3v) is 7.07. The molecule has 1 unspecified atom stereocenters. The van der Waals surface area contributed by atoms with Crippen LogP contribution in [0.15, 0.2) is 126 Å². The lowest BCUT2D eigenvalue weighted by atomic mass is 9.83. The topological polar surface area (TPSA) is 0 Å². The first-order valence-electron chi connectivity index (χ1n) is 18.6. The van der Waals surface area contributed by atoms with E-state index in [0.29, 0.717) is 5.92 Å². The molecule has 0 saturated heterocycles. The Balaban J connectivity index is -0.000000173. The van der Waals surface area contributed by atoms with Gasteiger partial charge in [0.25, 0.3) is 0 Å². The molecule has 1 fully saturated rings. The first-order chi connectivity index (χ1) is 22.4. The summed E-state index contributed by atoms with van der Waals surface area (Å²) in [6.45, 7) is 45.1. The molecule has 0 aliphatic heterocycles. The first-order valence-corrected chi connectivity index (χ1v) is 18.6. The van der Waals surface area contributed by atoms with Gasteiger partial charge in [-0.1, -0.05) is 196 Å². The number of rotatable bonds is 9. The Kier molecular flexibility index (Phi) is 47.0. The molecule has 0 aromatic heterocycles. The third kappa shape index (κ3) is 35.8. The summed E-state index contributed by atoms with van der Waals surface area (Å²) in [7, 11) is 0. The fourth-order valence-electron chi connectivity index (χ4n) is 4.45. The molecule has 47 heavy (non-hydrogen) atoms. The minimum Gasteiger partial charge on any atom is -0.103 e. The highest BCUT2D eigenvalue weighted by molar-refractivity contribution is 5.51. The number of aryl methyl sites for hydroxylation is 1. The summed E-state index contributed by atoms with van der Waals surface area (Å²) in [6.07, 6.45) is 23.4. The zero-order chi connectivity index (χ0) is 37.6. The molecule has 270 valence electrons. The van der Waals surface area contributed by atoms with Crippen LogP contribution in [0, 0.1) is 18.8 Å². The lowest BCUT2D eigenvalue weighted by molar-refractivity contribution is 0.612. The fraction of sp³-hybridized carbons (Fsp3) is 0.532. The minimum absolute atomic E-state index is 0.577. The standard InChI is InChI=1S/C19H32.C8H12.C7H8.C6H12.C3H6.2C2H6/c1-9-12-17(8)19(14(4)5)18(16(7)11-3)13-15(6)10-2;1-4-6-8(3)7-5-2;1-7-5-3-2-4-6-7;1-6-4-2-3-5-6;1-3-2;2*1-2/h10,13,16H,8-9,11-12H2,1-7H3;4-7H,1H2,2-3H3;2-6H,1H3;6H,2-5H2,1H3;3H,1H2,2H3;2*1-2H3/b15-10-,18-13+;7-5-,8-6-;;;;;. The van der Waals surface area contributed by atoms with Crippen molar-refractivity contribution >= 4 is 0 Å². The Hall–Kier alpha value is -2.86. The molecule has 1 aromatic rings. The van der Waals surface area contributed by atoms with Crippen molar-refractivity contribution < 1.29 is 0 Å². The van der Waals surface area contributed by atoms with Crippen molar-refractivity contribution in [2.24, 2.45) is 11.8 Å². The van der Waals surface area contributed by atoms with E-state index in [9.17, 15) is 0 Å². The summed E-state index contributed by atoms with van der Waals surface area (Å²) in [4.78, 5) is 0. The summed E-state index contributed by atoms with van der Waals surface area (Å²) in [5.74, 6) is 1.62. The largest absolute Gasteiger partial charge is 0.103 e. The van der Waals surface area contributed by atoms with Crippen molar-refractivity contribution in [3.8, 4) is 0 Å². The Morgan fingerprint density at radius 2 is 1.36 bits per heavy atom. The maximum Gasteiger partial charge on any atom is -0.0187 e. The zero-order valence-electron chi connectivity index (χ0n) is 34.7. The van der Waals surface area contributed by atoms with E-state index in [1.165, 1.54) is 71.1 Å². The average Bonchev–Trinajstić information content (AvgIpc) is 3.55. The van der Waals surface area contributed by atoms with Crippen molar-refractivity contribution in [3.63, 3.8) is 0 Å². The molecule has 0 radical (unpaired) electrons. The highest BCUT2D eigenvalue weighted by Gasteiger charge is 2.15. The molecule has 0 N–H and O–H groups in total. The van der Waals surface area contributed by atoms with Gasteiger partial charge in [-0.15, -0.1) is 6.58 Å². The number of allylic oxidation sites excluding steroid dienone is 13. The molecule has 1 aliphatic carbocycles. The molecule has 1 saturated carbocycles. The van der Waals surface area contributed by atoms with Crippen molar-refractivity contribution in [3.05, 3.63) is 132 Å². The quantitative estimate of drug-likeness (QED) is 0.185. The molecule has 0 bridgehead atoms. The van der Waals surface area contributed by atoms with Crippen LogP contribution in [0.3, 0.4) is 0 Å². The fourth-order valence-corrected chi connectivity index (χ4v) is 4.45. The van der Waals surface area contributed by atoms with E-state index < -0.39 is 0 Å². The molecular formula is C47H82. The van der Waals surface area contributed by atoms with Gasteiger partial charge >= 0.3 is 0 Å². The molecule has 0 amide bonds. The predicted octanol–water partition coefficient (Wildman–Crippen LogP) is 16.7. The Morgan fingerprint density at radius 1 is 0.872 bits per heavy atom. The second-order valence-electron chi connectivity index (χ2n) is 11.8. The maximum atomic E-state index is 4.32. The molecular weight excluding hydrogens is 565 g/mol. The van der Waals surface area contributed by atoms with E-state index in [0.717, 1.165) is 18.8 Å². The monoisotopic (exact) mass is 647 g/mol. The summed E-state index contributed by atoms with van der Waals surface area (Å²) in [5, 5.41) is 0. The van der Waals surface area contributed by atoms with Crippen LogP contribution in [0.1, 0.15) is 154 Å². The van der Waals surface area contributed by atoms with E-state index in [-0.39, 0.29) is 0 Å². The average molecular weight is 647 g/mol. The SMILES string of the molecule is C=C(CCC)C(=C(C)C)/C(=C/C(C)=C\C)C(C)CC.C=C/C=C(C)\C=C/C.C=CC.CC.CC.CC1CCCC1.Cc1ccccc1. The second-order valence-corrected chi connectivity index (χ2v) is 11.8. The van der Waals surface area contributed by atoms with Gasteiger partial charge in [0.15, 0.2) is 0 Å². The van der Waals surface area contributed by atoms with Crippen molar-refractivity contribution in [2.75, 3.05) is 0 Å². The van der Waals surface area contributed by atoms with Crippen LogP contribution < -0.4 is 0 Å². The van der Waals surface area contributed by atoms with Crippen LogP contribution in [0.25, 0.3) is 0 Å². The van der Waals surface area contributed by atoms with Gasteiger partial charge < -0.3 is 0 Å². The number of hydrogen-bond donors (Lipinski definition) is 0. The summed E-state index contributed by atoms with van der Waals surface area (Å²) >= 11 is 0. The number of hydrogen-bond acceptors (Lipinski definition) is 0. The highest BCUT2D eigenvalue weighted by Crippen LogP contribution is 2.32. The Morgan fingerprint density at radius 3 is 1.64 bits per heavy atom. The van der Waals surface area contributed by atoms with Crippen LogP contribution >= 0.6 is 0 Å². The number of benzene rings is 1. The van der Waals surface area contributed by atoms with Crippen LogP contribution in [0.4, 0.5) is 0 Å². The molecule has 0 nitrogen and oxygen atoms in total. The second kappa shape index (κ2) is 41.2. The zero-order valence-corrected chi connectivity index (χ0v) is 34.7. The van der Waals surface area contributed by atoms with Gasteiger partial charge in [-0.05, 0) is 96.8 Å². The van der Waals surface area contributed by atoms with Gasteiger partial charge in [0.05, 0.1) is 0 Å². The van der Waals surface area contributed by atoms with E-state index in [1.807, 2.05) is 84.9 Å². The molecule has 1 aliphatic rings. The van der Waals surface area contributed by atoms with Crippen molar-refractivity contribution in [2.45, 2.75) is 156 Å². The van der Waals surface area contributed by atoms with E-state index in [2.05, 4.69) is 106 Å². The van der Waals surface area contributed by atoms with Gasteiger partial charge in [0.2, 0.25) is 0 Å². The maximum absolute atomic E-state index is 4.32. The van der Waals surface area contributed by atoms with Crippen molar-refractivity contribution in [1.82, 2.24) is 0 Å². The van der Waals surface area contributed by atoms with Crippen LogP contribution in [0.2, 0.25) is 0 Å². The van der Waals surface area contributed by atoms with E-state index in [1.54, 1.807) is 12.2 Å². The molecule has 0 heterocycles. The van der Waals surface area contributed by atoms with Gasteiger partial charge in [0.1, 0.15) is 0 Å². The predicted molar refractivity (Wildman–Crippen MR) is 226 cm³/mol. The first kappa shape index (κ1) is 53.6. The molecule has 0 spiro atoms. The Bertz CT molecular complexity index is 993. The van der Waals surface area contributed by atoms with E-state index >= 15 is 0 Å². The lowest BCUT2D eigenvalue weighted by Crippen LogP contribution is -2.05. The Labute approximate surface area is 298 Å². The highest BCUT2D eigenvalue weighted by atomic mass is 14.2.